The van der Waals surface area contributed by atoms with E-state index in [1.54, 1.807) is 0 Å². The molecule has 62 valence electrons. The molecular weight excluding hydrogens is 148 g/mol. The van der Waals surface area contributed by atoms with Crippen LogP contribution in [0.4, 0.5) is 0 Å². The van der Waals surface area contributed by atoms with Crippen molar-refractivity contribution in [1.29, 1.82) is 0 Å². The maximum Gasteiger partial charge on any atom is 0.0682 e. The van der Waals surface area contributed by atoms with Crippen LogP contribution in [-0.4, -0.2) is 9.78 Å². The molecule has 2 aromatic rings. The summed E-state index contributed by atoms with van der Waals surface area (Å²) < 4.78 is 1.92. The molecule has 0 amide bonds. The minimum atomic E-state index is 1.11. The Morgan fingerprint density at radius 2 is 2.00 bits per heavy atom. The first-order valence-corrected chi connectivity index (χ1v) is 4.08. The zero-order valence-corrected chi connectivity index (χ0v) is 7.63. The molecule has 0 spiro atoms. The Morgan fingerprint density at radius 3 is 2.75 bits per heavy atom. The normalized spacial score (nSPS) is 10.9. The molecule has 0 aliphatic carbocycles. The van der Waals surface area contributed by atoms with Crippen molar-refractivity contribution in [3.63, 3.8) is 0 Å². The lowest BCUT2D eigenvalue weighted by Crippen LogP contribution is -1.88. The second-order valence-electron chi connectivity index (χ2n) is 3.23. The van der Waals surface area contributed by atoms with Gasteiger partial charge in [0, 0.05) is 12.4 Å². The highest BCUT2D eigenvalue weighted by Crippen LogP contribution is 2.18. The molecule has 2 nitrogen and oxygen atoms in total. The molecule has 2 heteroatoms. The van der Waals surface area contributed by atoms with Crippen molar-refractivity contribution in [2.75, 3.05) is 0 Å². The van der Waals surface area contributed by atoms with Crippen LogP contribution in [0.15, 0.2) is 18.2 Å². The summed E-state index contributed by atoms with van der Waals surface area (Å²) in [5, 5.41) is 5.61. The standard InChI is InChI=1S/C10H12N2/c1-7-4-5-10-9(6-7)8(2)11-12(10)3/h4-6H,1-3H3. The summed E-state index contributed by atoms with van der Waals surface area (Å²) in [5.74, 6) is 0. The Hall–Kier alpha value is -1.31. The number of hydrogen-bond donors (Lipinski definition) is 0. The van der Waals surface area contributed by atoms with Gasteiger partial charge in [0.2, 0.25) is 0 Å². The van der Waals surface area contributed by atoms with Crippen LogP contribution in [0.5, 0.6) is 0 Å². The van der Waals surface area contributed by atoms with E-state index in [1.807, 2.05) is 18.7 Å². The SMILES string of the molecule is Cc1ccc2c(c1)c(C)nn2C. The van der Waals surface area contributed by atoms with Gasteiger partial charge in [0.15, 0.2) is 0 Å². The van der Waals surface area contributed by atoms with E-state index in [-0.39, 0.29) is 0 Å². The summed E-state index contributed by atoms with van der Waals surface area (Å²) >= 11 is 0. The molecule has 1 aromatic heterocycles. The predicted molar refractivity (Wildman–Crippen MR) is 50.2 cm³/mol. The quantitative estimate of drug-likeness (QED) is 0.577. The second kappa shape index (κ2) is 2.34. The molecule has 0 aliphatic rings. The van der Waals surface area contributed by atoms with Crippen molar-refractivity contribution in [2.45, 2.75) is 13.8 Å². The summed E-state index contributed by atoms with van der Waals surface area (Å²) in [6, 6.07) is 6.41. The van der Waals surface area contributed by atoms with E-state index >= 15 is 0 Å². The molecule has 1 heterocycles. The van der Waals surface area contributed by atoms with Crippen LogP contribution >= 0.6 is 0 Å². The van der Waals surface area contributed by atoms with Crippen LogP contribution in [0, 0.1) is 13.8 Å². The van der Waals surface area contributed by atoms with Gasteiger partial charge >= 0.3 is 0 Å². The molecule has 0 saturated carbocycles. The number of benzene rings is 1. The Morgan fingerprint density at radius 1 is 1.25 bits per heavy atom. The maximum atomic E-state index is 4.35. The highest BCUT2D eigenvalue weighted by molar-refractivity contribution is 5.82. The number of nitrogens with zero attached hydrogens (tertiary/aromatic N) is 2. The van der Waals surface area contributed by atoms with Gasteiger partial charge in [-0.1, -0.05) is 11.6 Å². The topological polar surface area (TPSA) is 17.8 Å². The second-order valence-corrected chi connectivity index (χ2v) is 3.23. The lowest BCUT2D eigenvalue weighted by Gasteiger charge is -1.94. The molecule has 0 radical (unpaired) electrons. The molecule has 1 aromatic carbocycles. The van der Waals surface area contributed by atoms with Gasteiger partial charge in [-0.05, 0) is 26.0 Å². The number of fused-ring (bicyclic) bond motifs is 1. The minimum Gasteiger partial charge on any atom is -0.268 e. The first kappa shape index (κ1) is 7.35. The summed E-state index contributed by atoms with van der Waals surface area (Å²) in [4.78, 5) is 0. The number of rotatable bonds is 0. The van der Waals surface area contributed by atoms with E-state index in [0.717, 1.165) is 5.69 Å². The molecule has 0 fully saturated rings. The van der Waals surface area contributed by atoms with Crippen LogP contribution < -0.4 is 0 Å². The molecule has 0 atom stereocenters. The Balaban J connectivity index is 2.90. The van der Waals surface area contributed by atoms with Gasteiger partial charge in [0.1, 0.15) is 0 Å². The van der Waals surface area contributed by atoms with Gasteiger partial charge < -0.3 is 0 Å². The number of aromatic nitrogens is 2. The summed E-state index contributed by atoms with van der Waals surface area (Å²) in [5.41, 5.74) is 3.60. The van der Waals surface area contributed by atoms with E-state index < -0.39 is 0 Å². The van der Waals surface area contributed by atoms with Crippen molar-refractivity contribution in [2.24, 2.45) is 7.05 Å². The van der Waals surface area contributed by atoms with Gasteiger partial charge in [-0.15, -0.1) is 0 Å². The lowest BCUT2D eigenvalue weighted by molar-refractivity contribution is 0.783. The fourth-order valence-corrected chi connectivity index (χ4v) is 1.55. The first-order valence-electron chi connectivity index (χ1n) is 4.08. The zero-order valence-electron chi connectivity index (χ0n) is 7.63. The van der Waals surface area contributed by atoms with Crippen LogP contribution in [0.1, 0.15) is 11.3 Å². The van der Waals surface area contributed by atoms with Crippen molar-refractivity contribution in [3.8, 4) is 0 Å². The maximum absolute atomic E-state index is 4.35. The summed E-state index contributed by atoms with van der Waals surface area (Å²) in [6.07, 6.45) is 0. The summed E-state index contributed by atoms with van der Waals surface area (Å²) in [7, 11) is 1.98. The first-order chi connectivity index (χ1) is 5.68. The van der Waals surface area contributed by atoms with Gasteiger partial charge in [0.05, 0.1) is 11.2 Å². The fourth-order valence-electron chi connectivity index (χ4n) is 1.55. The third-order valence-corrected chi connectivity index (χ3v) is 2.19. The third-order valence-electron chi connectivity index (χ3n) is 2.19. The molecule has 12 heavy (non-hydrogen) atoms. The van der Waals surface area contributed by atoms with Gasteiger partial charge in [-0.25, -0.2) is 0 Å². The molecule has 0 aliphatic heterocycles. The third kappa shape index (κ3) is 0.916. The van der Waals surface area contributed by atoms with Crippen molar-refractivity contribution >= 4 is 10.9 Å². The van der Waals surface area contributed by atoms with E-state index in [4.69, 9.17) is 0 Å². The van der Waals surface area contributed by atoms with Crippen LogP contribution in [-0.2, 0) is 7.05 Å². The average Bonchev–Trinajstić information content (AvgIpc) is 2.28. The Kier molecular flexibility index (Phi) is 1.43. The Bertz CT molecular complexity index is 427. The van der Waals surface area contributed by atoms with Crippen LogP contribution in [0.25, 0.3) is 10.9 Å². The van der Waals surface area contributed by atoms with Gasteiger partial charge in [-0.3, -0.25) is 4.68 Å². The number of hydrogen-bond acceptors (Lipinski definition) is 1. The van der Waals surface area contributed by atoms with E-state index in [9.17, 15) is 0 Å². The molecule has 0 saturated heterocycles. The van der Waals surface area contributed by atoms with Gasteiger partial charge in [0.25, 0.3) is 0 Å². The molecule has 0 bridgehead atoms. The molecular formula is C10H12N2. The molecule has 2 rings (SSSR count). The van der Waals surface area contributed by atoms with Crippen molar-refractivity contribution in [3.05, 3.63) is 29.5 Å². The largest absolute Gasteiger partial charge is 0.268 e. The highest BCUT2D eigenvalue weighted by atomic mass is 15.3. The molecule has 0 unspecified atom stereocenters. The van der Waals surface area contributed by atoms with Crippen LogP contribution in [0.3, 0.4) is 0 Å². The van der Waals surface area contributed by atoms with Crippen molar-refractivity contribution < 1.29 is 0 Å². The average molecular weight is 160 g/mol. The zero-order chi connectivity index (χ0) is 8.72. The summed E-state index contributed by atoms with van der Waals surface area (Å²) in [6.45, 7) is 4.15. The lowest BCUT2D eigenvalue weighted by atomic mass is 10.1. The predicted octanol–water partition coefficient (Wildman–Crippen LogP) is 2.19. The van der Waals surface area contributed by atoms with Crippen molar-refractivity contribution in [1.82, 2.24) is 9.78 Å². The number of aryl methyl sites for hydroxylation is 3. The Labute approximate surface area is 71.8 Å². The van der Waals surface area contributed by atoms with E-state index in [1.165, 1.54) is 16.5 Å². The van der Waals surface area contributed by atoms with E-state index in [0.29, 0.717) is 0 Å². The minimum absolute atomic E-state index is 1.11. The van der Waals surface area contributed by atoms with Crippen LogP contribution in [0.2, 0.25) is 0 Å². The smallest absolute Gasteiger partial charge is 0.0682 e. The fraction of sp³-hybridized carbons (Fsp3) is 0.300. The van der Waals surface area contributed by atoms with Gasteiger partial charge in [-0.2, -0.15) is 5.10 Å². The monoisotopic (exact) mass is 160 g/mol. The van der Waals surface area contributed by atoms with E-state index in [2.05, 4.69) is 30.2 Å². The molecule has 0 N–H and O–H groups in total. The highest BCUT2D eigenvalue weighted by Gasteiger charge is 2.02.